The summed E-state index contributed by atoms with van der Waals surface area (Å²) >= 11 is 0. The Balaban J connectivity index is 2.79. The lowest BCUT2D eigenvalue weighted by atomic mass is 9.84. The fourth-order valence-electron chi connectivity index (χ4n) is 3.72. The largest absolute Gasteiger partial charge is 0.192 e. The van der Waals surface area contributed by atoms with Crippen LogP contribution in [0.15, 0.2) is 24.3 Å². The van der Waals surface area contributed by atoms with Crippen molar-refractivity contribution < 1.29 is 0 Å². The smallest absolute Gasteiger partial charge is 0.102 e. The van der Waals surface area contributed by atoms with E-state index in [9.17, 15) is 21.0 Å². The normalized spacial score (nSPS) is 10.1. The van der Waals surface area contributed by atoms with Crippen LogP contribution in [0.1, 0.15) is 47.2 Å². The van der Waals surface area contributed by atoms with Crippen LogP contribution >= 0.6 is 0 Å². The maximum atomic E-state index is 9.76. The Bertz CT molecular complexity index is 1240. The molecule has 0 radical (unpaired) electrons. The van der Waals surface area contributed by atoms with Gasteiger partial charge in [-0.1, -0.05) is 32.0 Å². The molecule has 26 heavy (non-hydrogen) atoms. The van der Waals surface area contributed by atoms with Crippen molar-refractivity contribution in [2.75, 3.05) is 0 Å². The molecule has 0 heterocycles. The number of hydrogen-bond acceptors (Lipinski definition) is 4. The Morgan fingerprint density at radius 3 is 1.88 bits per heavy atom. The van der Waals surface area contributed by atoms with Gasteiger partial charge in [0, 0.05) is 10.8 Å². The molecule has 0 N–H and O–H groups in total. The molecule has 0 aliphatic heterocycles. The Kier molecular flexibility index (Phi) is 4.29. The van der Waals surface area contributed by atoms with E-state index in [1.165, 1.54) is 0 Å². The molecule has 0 bridgehead atoms. The van der Waals surface area contributed by atoms with Gasteiger partial charge in [-0.15, -0.1) is 0 Å². The molecule has 0 unspecified atom stereocenters. The third-order valence-corrected chi connectivity index (χ3v) is 4.81. The zero-order chi connectivity index (χ0) is 18.8. The second-order valence-electron chi connectivity index (χ2n) is 5.95. The molecule has 0 saturated heterocycles. The molecule has 0 saturated carbocycles. The van der Waals surface area contributed by atoms with Gasteiger partial charge < -0.3 is 0 Å². The molecule has 0 aromatic heterocycles. The quantitative estimate of drug-likeness (QED) is 0.640. The summed E-state index contributed by atoms with van der Waals surface area (Å²) in [5, 5.41) is 41.7. The Morgan fingerprint density at radius 2 is 1.35 bits per heavy atom. The van der Waals surface area contributed by atoms with Crippen molar-refractivity contribution in [3.63, 3.8) is 0 Å². The van der Waals surface area contributed by atoms with Crippen LogP contribution in [0.5, 0.6) is 0 Å². The van der Waals surface area contributed by atoms with E-state index in [-0.39, 0.29) is 22.3 Å². The summed E-state index contributed by atoms with van der Waals surface area (Å²) in [6, 6.07) is 16.0. The predicted octanol–water partition coefficient (Wildman–Crippen LogP) is 4.60. The van der Waals surface area contributed by atoms with E-state index in [0.717, 1.165) is 28.3 Å². The molecule has 3 rings (SSSR count). The molecule has 0 atom stereocenters. The second-order valence-corrected chi connectivity index (χ2v) is 5.95. The van der Waals surface area contributed by atoms with Crippen LogP contribution in [0, 0.1) is 45.3 Å². The van der Waals surface area contributed by atoms with Gasteiger partial charge in [-0.2, -0.15) is 21.0 Å². The van der Waals surface area contributed by atoms with Crippen molar-refractivity contribution in [2.45, 2.75) is 26.7 Å². The Labute approximate surface area is 151 Å². The zero-order valence-electron chi connectivity index (χ0n) is 14.5. The van der Waals surface area contributed by atoms with Crippen LogP contribution in [-0.4, -0.2) is 0 Å². The summed E-state index contributed by atoms with van der Waals surface area (Å²) in [6.45, 7) is 4.07. The van der Waals surface area contributed by atoms with Gasteiger partial charge in [-0.25, -0.2) is 0 Å². The van der Waals surface area contributed by atoms with Gasteiger partial charge in [0.2, 0.25) is 0 Å². The van der Waals surface area contributed by atoms with Crippen molar-refractivity contribution in [2.24, 2.45) is 0 Å². The fraction of sp³-hybridized carbons (Fsp3) is 0.182. The minimum Gasteiger partial charge on any atom is -0.192 e. The summed E-state index contributed by atoms with van der Waals surface area (Å²) in [5.74, 6) is 0. The Hall–Kier alpha value is -3.86. The minimum atomic E-state index is -0.0212. The number of nitriles is 4. The number of hydrogen-bond donors (Lipinski definition) is 0. The van der Waals surface area contributed by atoms with Crippen molar-refractivity contribution in [3.05, 3.63) is 57.6 Å². The first-order valence-electron chi connectivity index (χ1n) is 8.34. The zero-order valence-corrected chi connectivity index (χ0v) is 14.5. The third kappa shape index (κ3) is 2.18. The summed E-state index contributed by atoms with van der Waals surface area (Å²) in [4.78, 5) is 0. The Morgan fingerprint density at radius 1 is 0.731 bits per heavy atom. The molecule has 0 aliphatic carbocycles. The van der Waals surface area contributed by atoms with Gasteiger partial charge in [0.25, 0.3) is 0 Å². The minimum absolute atomic E-state index is 0.0120. The summed E-state index contributed by atoms with van der Waals surface area (Å²) in [6.07, 6.45) is 1.49. The van der Waals surface area contributed by atoms with Crippen LogP contribution in [0.4, 0.5) is 0 Å². The molecule has 0 fully saturated rings. The molecule has 4 heteroatoms. The molecule has 4 nitrogen and oxygen atoms in total. The molecule has 122 valence electrons. The van der Waals surface area contributed by atoms with E-state index in [4.69, 9.17) is 0 Å². The van der Waals surface area contributed by atoms with Crippen LogP contribution in [0.2, 0.25) is 0 Å². The van der Waals surface area contributed by atoms with E-state index < -0.39 is 0 Å². The molecule has 0 amide bonds. The van der Waals surface area contributed by atoms with Crippen LogP contribution in [0.25, 0.3) is 21.5 Å². The van der Waals surface area contributed by atoms with Crippen molar-refractivity contribution in [1.29, 1.82) is 21.0 Å². The molecule has 3 aromatic rings. The highest BCUT2D eigenvalue weighted by Gasteiger charge is 2.23. The first kappa shape index (κ1) is 17.0. The molecule has 0 spiro atoms. The fourth-order valence-corrected chi connectivity index (χ4v) is 3.72. The number of aryl methyl sites for hydroxylation is 2. The summed E-state index contributed by atoms with van der Waals surface area (Å²) in [5.41, 5.74) is 2.42. The van der Waals surface area contributed by atoms with Crippen molar-refractivity contribution >= 4 is 21.5 Å². The number of benzene rings is 3. The van der Waals surface area contributed by atoms with Gasteiger partial charge in [0.1, 0.15) is 24.3 Å². The van der Waals surface area contributed by atoms with Gasteiger partial charge in [0.15, 0.2) is 0 Å². The van der Waals surface area contributed by atoms with E-state index in [1.807, 2.05) is 37.3 Å². The van der Waals surface area contributed by atoms with Crippen molar-refractivity contribution in [1.82, 2.24) is 0 Å². The summed E-state index contributed by atoms with van der Waals surface area (Å²) in [7, 11) is 0. The monoisotopic (exact) mass is 334 g/mol. The number of rotatable bonds is 2. The average molecular weight is 334 g/mol. The number of nitrogens with zero attached hydrogens (tertiary/aromatic N) is 4. The van der Waals surface area contributed by atoms with Crippen LogP contribution < -0.4 is 0 Å². The maximum absolute atomic E-state index is 9.76. The SMILES string of the molecule is CCc1cccc2cc3c(C#N)c(C#N)c(C#N)c(C#N)c3c(CC)c12. The first-order valence-corrected chi connectivity index (χ1v) is 8.34. The lowest BCUT2D eigenvalue weighted by Crippen LogP contribution is -2.02. The highest BCUT2D eigenvalue weighted by molar-refractivity contribution is 6.09. The predicted molar refractivity (Wildman–Crippen MR) is 99.1 cm³/mol. The van der Waals surface area contributed by atoms with Gasteiger partial charge >= 0.3 is 0 Å². The topological polar surface area (TPSA) is 95.2 Å². The van der Waals surface area contributed by atoms with Gasteiger partial charge in [0.05, 0.1) is 22.3 Å². The first-order chi connectivity index (χ1) is 12.7. The van der Waals surface area contributed by atoms with E-state index >= 15 is 0 Å². The molecule has 3 aromatic carbocycles. The molecular formula is C22H14N4. The van der Waals surface area contributed by atoms with Crippen molar-refractivity contribution in [3.8, 4) is 24.3 Å². The lowest BCUT2D eigenvalue weighted by molar-refractivity contribution is 1.13. The average Bonchev–Trinajstić information content (AvgIpc) is 2.69. The van der Waals surface area contributed by atoms with E-state index in [2.05, 4.69) is 25.1 Å². The standard InChI is InChI=1S/C22H14N4/c1-3-13-6-5-7-14-8-16-17(9-23)18(10-24)19(11-25)20(12-26)22(16)15(4-2)21(13)14/h5-8H,3-4H2,1-2H3. The van der Waals surface area contributed by atoms with E-state index in [1.54, 1.807) is 0 Å². The van der Waals surface area contributed by atoms with E-state index in [0.29, 0.717) is 17.2 Å². The van der Waals surface area contributed by atoms with Crippen LogP contribution in [0.3, 0.4) is 0 Å². The maximum Gasteiger partial charge on any atom is 0.102 e. The highest BCUT2D eigenvalue weighted by atomic mass is 14.3. The van der Waals surface area contributed by atoms with Gasteiger partial charge in [-0.05, 0) is 40.8 Å². The lowest BCUT2D eigenvalue weighted by Gasteiger charge is -2.16. The summed E-state index contributed by atoms with van der Waals surface area (Å²) < 4.78 is 0. The number of fused-ring (bicyclic) bond motifs is 2. The highest BCUT2D eigenvalue weighted by Crippen LogP contribution is 2.38. The molecule has 0 aliphatic rings. The second kappa shape index (κ2) is 6.57. The third-order valence-electron chi connectivity index (χ3n) is 4.81. The van der Waals surface area contributed by atoms with Gasteiger partial charge in [-0.3, -0.25) is 0 Å². The molecular weight excluding hydrogens is 320 g/mol. The van der Waals surface area contributed by atoms with Crippen LogP contribution in [-0.2, 0) is 12.8 Å².